The summed E-state index contributed by atoms with van der Waals surface area (Å²) < 4.78 is 1.20. The molecule has 0 radical (unpaired) electrons. The highest BCUT2D eigenvalue weighted by atomic mass is 79.9. The summed E-state index contributed by atoms with van der Waals surface area (Å²) in [5.74, 6) is 0. The van der Waals surface area contributed by atoms with Gasteiger partial charge < -0.3 is 15.5 Å². The Morgan fingerprint density at radius 1 is 1.42 bits per heavy atom. The Labute approximate surface area is 122 Å². The molecule has 19 heavy (non-hydrogen) atoms. The highest BCUT2D eigenvalue weighted by Gasteiger charge is 2.23. The second kappa shape index (κ2) is 6.39. The van der Waals surface area contributed by atoms with Gasteiger partial charge in [0, 0.05) is 37.7 Å². The molecular weight excluding hydrogens is 306 g/mol. The molecule has 0 spiro atoms. The average molecular weight is 326 g/mol. The van der Waals surface area contributed by atoms with E-state index in [4.69, 9.17) is 0 Å². The number of nitrogens with zero attached hydrogens (tertiary/aromatic N) is 1. The number of amides is 2. The van der Waals surface area contributed by atoms with E-state index in [1.165, 1.54) is 15.6 Å². The van der Waals surface area contributed by atoms with Crippen LogP contribution in [0, 0.1) is 0 Å². The van der Waals surface area contributed by atoms with E-state index in [2.05, 4.69) is 44.8 Å². The molecule has 1 aliphatic carbocycles. The van der Waals surface area contributed by atoms with Crippen LogP contribution >= 0.6 is 15.9 Å². The van der Waals surface area contributed by atoms with E-state index in [0.29, 0.717) is 12.6 Å². The Hall–Kier alpha value is -1.07. The molecule has 0 saturated carbocycles. The third-order valence-electron chi connectivity index (χ3n) is 3.41. The number of carbonyl (C=O) groups is 1. The molecule has 2 amide bonds. The molecule has 0 saturated heterocycles. The molecule has 1 atom stereocenters. The zero-order chi connectivity index (χ0) is 13.8. The molecule has 1 aromatic carbocycles. The van der Waals surface area contributed by atoms with Crippen LogP contribution in [0.4, 0.5) is 4.79 Å². The van der Waals surface area contributed by atoms with Gasteiger partial charge in [-0.1, -0.05) is 28.1 Å². The van der Waals surface area contributed by atoms with Crippen molar-refractivity contribution in [2.45, 2.75) is 18.9 Å². The first-order valence-corrected chi connectivity index (χ1v) is 7.34. The topological polar surface area (TPSA) is 44.4 Å². The van der Waals surface area contributed by atoms with Crippen molar-refractivity contribution in [2.75, 3.05) is 27.2 Å². The van der Waals surface area contributed by atoms with Crippen LogP contribution in [0.15, 0.2) is 22.7 Å². The highest BCUT2D eigenvalue weighted by molar-refractivity contribution is 9.10. The molecule has 0 aliphatic heterocycles. The zero-order valence-electron chi connectivity index (χ0n) is 11.4. The smallest absolute Gasteiger partial charge is 0.316 e. The lowest BCUT2D eigenvalue weighted by Gasteiger charge is -2.16. The van der Waals surface area contributed by atoms with Gasteiger partial charge in [0.15, 0.2) is 0 Å². The Morgan fingerprint density at radius 2 is 2.21 bits per heavy atom. The normalized spacial score (nSPS) is 17.1. The number of benzene rings is 1. The largest absolute Gasteiger partial charge is 0.337 e. The van der Waals surface area contributed by atoms with Crippen LogP contribution in [0.1, 0.15) is 23.6 Å². The maximum Gasteiger partial charge on any atom is 0.316 e. The van der Waals surface area contributed by atoms with Crippen LogP contribution in [0.5, 0.6) is 0 Å². The van der Waals surface area contributed by atoms with Crippen LogP contribution in [0.3, 0.4) is 0 Å². The summed E-state index contributed by atoms with van der Waals surface area (Å²) in [6.45, 7) is 1.44. The van der Waals surface area contributed by atoms with Crippen LogP contribution in [0.2, 0.25) is 0 Å². The monoisotopic (exact) mass is 325 g/mol. The van der Waals surface area contributed by atoms with Gasteiger partial charge in [0.2, 0.25) is 0 Å². The second-order valence-electron chi connectivity index (χ2n) is 4.98. The Balaban J connectivity index is 1.81. The van der Waals surface area contributed by atoms with Crippen molar-refractivity contribution in [3.63, 3.8) is 0 Å². The summed E-state index contributed by atoms with van der Waals surface area (Å²) in [4.78, 5) is 12.9. The lowest BCUT2D eigenvalue weighted by Crippen LogP contribution is -2.38. The molecule has 1 aromatic rings. The maximum atomic E-state index is 11.4. The quantitative estimate of drug-likeness (QED) is 0.834. The van der Waals surface area contributed by atoms with Gasteiger partial charge >= 0.3 is 6.03 Å². The Bertz CT molecular complexity index is 462. The number of hydrogen-bond donors (Lipinski definition) is 2. The molecule has 2 N–H and O–H groups in total. The van der Waals surface area contributed by atoms with Crippen LogP contribution in [-0.2, 0) is 6.42 Å². The third kappa shape index (κ3) is 3.48. The van der Waals surface area contributed by atoms with Crippen molar-refractivity contribution in [3.05, 3.63) is 33.8 Å². The minimum absolute atomic E-state index is 0.0450. The number of hydrogen-bond acceptors (Lipinski definition) is 2. The summed E-state index contributed by atoms with van der Waals surface area (Å²) in [6.07, 6.45) is 2.23. The second-order valence-corrected chi connectivity index (χ2v) is 5.83. The molecular formula is C14H20BrN3O. The molecule has 0 bridgehead atoms. The lowest BCUT2D eigenvalue weighted by atomic mass is 10.1. The SMILES string of the molecule is CN(C)C(=O)NCCNC1CCc2c(Br)cccc21. The molecule has 4 nitrogen and oxygen atoms in total. The number of halogens is 1. The number of rotatable bonds is 4. The van der Waals surface area contributed by atoms with Gasteiger partial charge in [-0.3, -0.25) is 0 Å². The van der Waals surface area contributed by atoms with E-state index < -0.39 is 0 Å². The first kappa shape index (κ1) is 14.3. The molecule has 5 heteroatoms. The fraction of sp³-hybridized carbons (Fsp3) is 0.500. The Morgan fingerprint density at radius 3 is 2.95 bits per heavy atom. The minimum Gasteiger partial charge on any atom is -0.337 e. The van der Waals surface area contributed by atoms with Gasteiger partial charge in [0.05, 0.1) is 0 Å². The van der Waals surface area contributed by atoms with E-state index in [-0.39, 0.29) is 6.03 Å². The molecule has 1 unspecified atom stereocenters. The summed E-state index contributed by atoms with van der Waals surface area (Å²) in [5.41, 5.74) is 2.80. The average Bonchev–Trinajstić information content (AvgIpc) is 2.79. The zero-order valence-corrected chi connectivity index (χ0v) is 13.0. The first-order chi connectivity index (χ1) is 9.09. The van der Waals surface area contributed by atoms with Crippen molar-refractivity contribution < 1.29 is 4.79 Å². The molecule has 104 valence electrons. The van der Waals surface area contributed by atoms with Crippen molar-refractivity contribution in [1.29, 1.82) is 0 Å². The summed E-state index contributed by atoms with van der Waals surface area (Å²) >= 11 is 3.60. The summed E-state index contributed by atoms with van der Waals surface area (Å²) in [5, 5.41) is 6.36. The van der Waals surface area contributed by atoms with Crippen molar-refractivity contribution in [3.8, 4) is 0 Å². The molecule has 2 rings (SSSR count). The first-order valence-electron chi connectivity index (χ1n) is 6.55. The lowest BCUT2D eigenvalue weighted by molar-refractivity contribution is 0.217. The fourth-order valence-corrected chi connectivity index (χ4v) is 2.98. The van der Waals surface area contributed by atoms with Crippen LogP contribution in [0.25, 0.3) is 0 Å². The number of nitrogens with one attached hydrogen (secondary N) is 2. The predicted molar refractivity (Wildman–Crippen MR) is 80.3 cm³/mol. The standard InChI is InChI=1S/C14H20BrN3O/c1-18(2)14(19)17-9-8-16-13-7-6-10-11(13)4-3-5-12(10)15/h3-5,13,16H,6-9H2,1-2H3,(H,17,19). The number of fused-ring (bicyclic) bond motifs is 1. The highest BCUT2D eigenvalue weighted by Crippen LogP contribution is 2.35. The van der Waals surface area contributed by atoms with Gasteiger partial charge in [-0.05, 0) is 30.0 Å². The summed E-state index contributed by atoms with van der Waals surface area (Å²) in [6, 6.07) is 6.72. The van der Waals surface area contributed by atoms with Gasteiger partial charge in [-0.2, -0.15) is 0 Å². The molecule has 0 aromatic heterocycles. The van der Waals surface area contributed by atoms with Crippen LogP contribution in [-0.4, -0.2) is 38.1 Å². The third-order valence-corrected chi connectivity index (χ3v) is 4.15. The fourth-order valence-electron chi connectivity index (χ4n) is 2.40. The van der Waals surface area contributed by atoms with E-state index in [1.54, 1.807) is 19.0 Å². The van der Waals surface area contributed by atoms with Crippen LogP contribution < -0.4 is 10.6 Å². The number of carbonyl (C=O) groups excluding carboxylic acids is 1. The van der Waals surface area contributed by atoms with Gasteiger partial charge in [0.1, 0.15) is 0 Å². The molecule has 0 fully saturated rings. The van der Waals surface area contributed by atoms with E-state index >= 15 is 0 Å². The van der Waals surface area contributed by atoms with Crippen molar-refractivity contribution in [2.24, 2.45) is 0 Å². The minimum atomic E-state index is -0.0450. The molecule has 1 aliphatic rings. The van der Waals surface area contributed by atoms with Crippen molar-refractivity contribution >= 4 is 22.0 Å². The predicted octanol–water partition coefficient (Wildman–Crippen LogP) is 2.30. The maximum absolute atomic E-state index is 11.4. The van der Waals surface area contributed by atoms with Gasteiger partial charge in [-0.15, -0.1) is 0 Å². The van der Waals surface area contributed by atoms with E-state index in [1.807, 2.05) is 0 Å². The summed E-state index contributed by atoms with van der Waals surface area (Å²) in [7, 11) is 3.49. The van der Waals surface area contributed by atoms with E-state index in [0.717, 1.165) is 19.4 Å². The van der Waals surface area contributed by atoms with Crippen molar-refractivity contribution in [1.82, 2.24) is 15.5 Å². The number of urea groups is 1. The van der Waals surface area contributed by atoms with E-state index in [9.17, 15) is 4.79 Å². The molecule has 0 heterocycles. The van der Waals surface area contributed by atoms with Gasteiger partial charge in [-0.25, -0.2) is 4.79 Å². The van der Waals surface area contributed by atoms with Gasteiger partial charge in [0.25, 0.3) is 0 Å². The Kier molecular flexibility index (Phi) is 4.82.